The van der Waals surface area contributed by atoms with Crippen molar-refractivity contribution in [3.05, 3.63) is 59.0 Å². The molecule has 1 aliphatic rings. The van der Waals surface area contributed by atoms with Crippen molar-refractivity contribution in [2.24, 2.45) is 0 Å². The van der Waals surface area contributed by atoms with Gasteiger partial charge in [0.25, 0.3) is 5.91 Å². The van der Waals surface area contributed by atoms with Crippen molar-refractivity contribution < 1.29 is 9.59 Å². The lowest BCUT2D eigenvalue weighted by molar-refractivity contribution is -0.117. The number of anilines is 1. The number of nitrogens with one attached hydrogen (secondary N) is 1. The van der Waals surface area contributed by atoms with Crippen molar-refractivity contribution in [1.29, 1.82) is 0 Å². The first kappa shape index (κ1) is 17.2. The minimum atomic E-state index is -0.207. The molecule has 2 amide bonds. The van der Waals surface area contributed by atoms with E-state index in [4.69, 9.17) is 0 Å². The van der Waals surface area contributed by atoms with Crippen molar-refractivity contribution in [3.63, 3.8) is 0 Å². The van der Waals surface area contributed by atoms with E-state index in [0.717, 1.165) is 35.6 Å². The van der Waals surface area contributed by atoms with E-state index in [0.29, 0.717) is 24.2 Å². The Hall–Kier alpha value is -3.22. The van der Waals surface area contributed by atoms with E-state index in [-0.39, 0.29) is 11.8 Å². The second-order valence-electron chi connectivity index (χ2n) is 6.83. The van der Waals surface area contributed by atoms with Crippen LogP contribution in [0, 0.1) is 13.8 Å². The summed E-state index contributed by atoms with van der Waals surface area (Å²) in [5, 5.41) is 7.17. The Morgan fingerprint density at radius 1 is 1.22 bits per heavy atom. The predicted octanol–water partition coefficient (Wildman–Crippen LogP) is 2.40. The summed E-state index contributed by atoms with van der Waals surface area (Å²) >= 11 is 0. The van der Waals surface area contributed by atoms with Crippen LogP contribution >= 0.6 is 0 Å². The fourth-order valence-corrected chi connectivity index (χ4v) is 3.42. The lowest BCUT2D eigenvalue weighted by Crippen LogP contribution is -2.24. The fourth-order valence-electron chi connectivity index (χ4n) is 3.42. The number of carbonyl (C=O) groups is 2. The molecule has 2 aromatic heterocycles. The highest BCUT2D eigenvalue weighted by molar-refractivity contribution is 5.99. The maximum atomic E-state index is 12.6. The fraction of sp³-hybridized carbons (Fsp3) is 0.300. The highest BCUT2D eigenvalue weighted by Crippen LogP contribution is 2.21. The van der Waals surface area contributed by atoms with Crippen LogP contribution in [-0.4, -0.2) is 33.0 Å². The molecule has 1 fully saturated rings. The van der Waals surface area contributed by atoms with Crippen LogP contribution in [0.4, 0.5) is 5.69 Å². The van der Waals surface area contributed by atoms with Gasteiger partial charge in [0.05, 0.1) is 6.20 Å². The number of hydrogen-bond acceptors (Lipinski definition) is 4. The molecule has 4 rings (SSSR count). The van der Waals surface area contributed by atoms with Gasteiger partial charge in [-0.1, -0.05) is 12.1 Å². The predicted molar refractivity (Wildman–Crippen MR) is 102 cm³/mol. The van der Waals surface area contributed by atoms with Gasteiger partial charge in [-0.2, -0.15) is 5.10 Å². The van der Waals surface area contributed by atoms with Gasteiger partial charge in [0, 0.05) is 36.6 Å². The van der Waals surface area contributed by atoms with Gasteiger partial charge < -0.3 is 10.2 Å². The molecule has 0 aliphatic carbocycles. The van der Waals surface area contributed by atoms with E-state index < -0.39 is 0 Å². The number of rotatable bonds is 4. The van der Waals surface area contributed by atoms with Crippen LogP contribution in [0.3, 0.4) is 0 Å². The minimum Gasteiger partial charge on any atom is -0.348 e. The van der Waals surface area contributed by atoms with Crippen molar-refractivity contribution in [2.45, 2.75) is 33.2 Å². The topological polar surface area (TPSA) is 79.6 Å². The smallest absolute Gasteiger partial charge is 0.257 e. The van der Waals surface area contributed by atoms with Gasteiger partial charge in [-0.3, -0.25) is 9.59 Å². The number of aromatic nitrogens is 3. The second kappa shape index (κ2) is 6.83. The molecule has 7 heteroatoms. The number of benzene rings is 1. The van der Waals surface area contributed by atoms with Gasteiger partial charge in [-0.15, -0.1) is 0 Å². The summed E-state index contributed by atoms with van der Waals surface area (Å²) in [6.45, 7) is 5.00. The summed E-state index contributed by atoms with van der Waals surface area (Å²) in [7, 11) is 0. The number of carbonyl (C=O) groups excluding carboxylic acids is 2. The molecule has 1 N–H and O–H groups in total. The molecule has 3 aromatic rings. The van der Waals surface area contributed by atoms with Crippen molar-refractivity contribution in [2.75, 3.05) is 11.4 Å². The van der Waals surface area contributed by atoms with Crippen LogP contribution in [0.15, 0.2) is 36.5 Å². The van der Waals surface area contributed by atoms with E-state index in [2.05, 4.69) is 15.4 Å². The van der Waals surface area contributed by atoms with Gasteiger partial charge in [-0.05, 0) is 44.0 Å². The number of nitrogens with zero attached hydrogens (tertiary/aromatic N) is 4. The van der Waals surface area contributed by atoms with E-state index in [1.807, 2.05) is 44.2 Å². The minimum absolute atomic E-state index is 0.169. The maximum Gasteiger partial charge on any atom is 0.257 e. The quantitative estimate of drug-likeness (QED) is 0.772. The SMILES string of the molecule is Cc1cc(C)n2ncc(C(=O)NCc3ccc(N4CCCC4=O)cc3)c2n1. The monoisotopic (exact) mass is 363 g/mol. The molecule has 1 aromatic carbocycles. The second-order valence-corrected chi connectivity index (χ2v) is 6.83. The summed E-state index contributed by atoms with van der Waals surface area (Å²) in [5.41, 5.74) is 4.68. The Balaban J connectivity index is 1.46. The average molecular weight is 363 g/mol. The highest BCUT2D eigenvalue weighted by atomic mass is 16.2. The third kappa shape index (κ3) is 3.28. The Kier molecular flexibility index (Phi) is 4.35. The number of amides is 2. The molecule has 138 valence electrons. The zero-order valence-corrected chi connectivity index (χ0v) is 15.4. The number of fused-ring (bicyclic) bond motifs is 1. The number of aryl methyl sites for hydroxylation is 2. The normalized spacial score (nSPS) is 14.1. The van der Waals surface area contributed by atoms with Gasteiger partial charge in [0.15, 0.2) is 5.65 Å². The highest BCUT2D eigenvalue weighted by Gasteiger charge is 2.21. The summed E-state index contributed by atoms with van der Waals surface area (Å²) < 4.78 is 1.67. The zero-order valence-electron chi connectivity index (χ0n) is 15.4. The molecule has 0 unspecified atom stereocenters. The van der Waals surface area contributed by atoms with Crippen LogP contribution in [0.2, 0.25) is 0 Å². The molecule has 0 spiro atoms. The van der Waals surface area contributed by atoms with Crippen LogP contribution in [0.25, 0.3) is 5.65 Å². The lowest BCUT2D eigenvalue weighted by atomic mass is 10.2. The summed E-state index contributed by atoms with van der Waals surface area (Å²) in [6, 6.07) is 9.64. The maximum absolute atomic E-state index is 12.6. The molecular formula is C20H21N5O2. The molecule has 27 heavy (non-hydrogen) atoms. The lowest BCUT2D eigenvalue weighted by Gasteiger charge is -2.16. The summed E-state index contributed by atoms with van der Waals surface area (Å²) in [4.78, 5) is 30.6. The first-order valence-corrected chi connectivity index (χ1v) is 9.02. The Morgan fingerprint density at radius 2 is 2.00 bits per heavy atom. The van der Waals surface area contributed by atoms with Crippen LogP contribution in [0.1, 0.15) is 40.2 Å². The first-order valence-electron chi connectivity index (χ1n) is 9.02. The van der Waals surface area contributed by atoms with Crippen molar-refractivity contribution >= 4 is 23.1 Å². The van der Waals surface area contributed by atoms with Crippen LogP contribution < -0.4 is 10.2 Å². The van der Waals surface area contributed by atoms with Gasteiger partial charge >= 0.3 is 0 Å². The van der Waals surface area contributed by atoms with Crippen LogP contribution in [0.5, 0.6) is 0 Å². The largest absolute Gasteiger partial charge is 0.348 e. The molecule has 3 heterocycles. The molecule has 1 aliphatic heterocycles. The zero-order chi connectivity index (χ0) is 19.0. The summed E-state index contributed by atoms with van der Waals surface area (Å²) in [6.07, 6.45) is 3.07. The third-order valence-corrected chi connectivity index (χ3v) is 4.80. The van der Waals surface area contributed by atoms with Crippen LogP contribution in [-0.2, 0) is 11.3 Å². The molecule has 0 radical (unpaired) electrons. The first-order chi connectivity index (χ1) is 13.0. The molecule has 0 bridgehead atoms. The van der Waals surface area contributed by atoms with Gasteiger partial charge in [0.2, 0.25) is 5.91 Å². The number of hydrogen-bond donors (Lipinski definition) is 1. The van der Waals surface area contributed by atoms with Crippen molar-refractivity contribution in [3.8, 4) is 0 Å². The average Bonchev–Trinajstić information content (AvgIpc) is 3.26. The molecule has 1 saturated heterocycles. The van der Waals surface area contributed by atoms with Gasteiger partial charge in [0.1, 0.15) is 5.56 Å². The van der Waals surface area contributed by atoms with E-state index >= 15 is 0 Å². The Labute approximate surface area is 157 Å². The Bertz CT molecular complexity index is 1020. The molecule has 0 saturated carbocycles. The van der Waals surface area contributed by atoms with E-state index in [1.54, 1.807) is 15.6 Å². The Morgan fingerprint density at radius 3 is 2.70 bits per heavy atom. The standard InChI is InChI=1S/C20H21N5O2/c1-13-10-14(2)25-19(23-13)17(12-22-25)20(27)21-11-15-5-7-16(8-6-15)24-9-3-4-18(24)26/h5-8,10,12H,3-4,9,11H2,1-2H3,(H,21,27). The summed E-state index contributed by atoms with van der Waals surface area (Å²) in [5.74, 6) is -0.0384. The molecular weight excluding hydrogens is 342 g/mol. The van der Waals surface area contributed by atoms with E-state index in [1.165, 1.54) is 0 Å². The van der Waals surface area contributed by atoms with Gasteiger partial charge in [-0.25, -0.2) is 9.50 Å². The van der Waals surface area contributed by atoms with Crippen molar-refractivity contribution in [1.82, 2.24) is 19.9 Å². The molecule has 0 atom stereocenters. The van der Waals surface area contributed by atoms with E-state index in [9.17, 15) is 9.59 Å². The molecule has 7 nitrogen and oxygen atoms in total. The third-order valence-electron chi connectivity index (χ3n) is 4.80.